The van der Waals surface area contributed by atoms with Gasteiger partial charge in [-0.15, -0.1) is 0 Å². The maximum atomic E-state index is 13.4. The van der Waals surface area contributed by atoms with Crippen LogP contribution in [0.25, 0.3) is 0 Å². The van der Waals surface area contributed by atoms with Gasteiger partial charge in [0.25, 0.3) is 11.5 Å². The fourth-order valence-corrected chi connectivity index (χ4v) is 5.38. The molecule has 0 spiro atoms. The molecule has 2 aliphatic heterocycles. The highest BCUT2D eigenvalue weighted by Gasteiger charge is 2.35. The highest BCUT2D eigenvalue weighted by molar-refractivity contribution is 6.37. The van der Waals surface area contributed by atoms with Crippen molar-refractivity contribution >= 4 is 29.1 Å². The monoisotopic (exact) mass is 464 g/mol. The molecular formula is C23H26Cl2N2O4. The van der Waals surface area contributed by atoms with Crippen molar-refractivity contribution < 1.29 is 14.6 Å². The molecule has 1 fully saturated rings. The van der Waals surface area contributed by atoms with Crippen LogP contribution in [0.15, 0.2) is 16.9 Å². The summed E-state index contributed by atoms with van der Waals surface area (Å²) in [6.45, 7) is 4.85. The molecule has 2 aromatic rings. The minimum atomic E-state index is -0.344. The number of nitrogens with zero attached hydrogens (tertiary/aromatic N) is 1. The zero-order valence-corrected chi connectivity index (χ0v) is 19.1. The van der Waals surface area contributed by atoms with Gasteiger partial charge < -0.3 is 19.7 Å². The van der Waals surface area contributed by atoms with E-state index in [9.17, 15) is 14.7 Å². The van der Waals surface area contributed by atoms with Gasteiger partial charge in [0.15, 0.2) is 0 Å². The number of aromatic nitrogens is 1. The molecule has 0 unspecified atom stereocenters. The van der Waals surface area contributed by atoms with Crippen molar-refractivity contribution in [1.82, 2.24) is 9.88 Å². The molecule has 1 saturated heterocycles. The van der Waals surface area contributed by atoms with Gasteiger partial charge in [-0.25, -0.2) is 0 Å². The van der Waals surface area contributed by atoms with Gasteiger partial charge in [0.1, 0.15) is 0 Å². The average molecular weight is 465 g/mol. The first kappa shape index (κ1) is 22.3. The van der Waals surface area contributed by atoms with E-state index in [-0.39, 0.29) is 36.6 Å². The Hall–Kier alpha value is -1.86. The predicted molar refractivity (Wildman–Crippen MR) is 120 cm³/mol. The van der Waals surface area contributed by atoms with E-state index in [0.29, 0.717) is 46.3 Å². The number of benzene rings is 1. The number of ether oxygens (including phenoxy) is 1. The lowest BCUT2D eigenvalue weighted by atomic mass is 9.87. The second kappa shape index (κ2) is 8.94. The lowest BCUT2D eigenvalue weighted by Crippen LogP contribution is -2.39. The molecule has 31 heavy (non-hydrogen) atoms. The van der Waals surface area contributed by atoms with Gasteiger partial charge in [-0.2, -0.15) is 0 Å². The van der Waals surface area contributed by atoms with Gasteiger partial charge in [0.2, 0.25) is 0 Å². The number of rotatable bonds is 5. The van der Waals surface area contributed by atoms with E-state index in [0.717, 1.165) is 29.7 Å². The number of aliphatic hydroxyl groups excluding tert-OH is 1. The first-order valence-electron chi connectivity index (χ1n) is 10.5. The molecule has 2 N–H and O–H groups in total. The summed E-state index contributed by atoms with van der Waals surface area (Å²) in [4.78, 5) is 30.3. The van der Waals surface area contributed by atoms with Crippen molar-refractivity contribution in [3.05, 3.63) is 66.0 Å². The minimum absolute atomic E-state index is 0.144. The summed E-state index contributed by atoms with van der Waals surface area (Å²) < 4.78 is 5.77. The van der Waals surface area contributed by atoms with Crippen LogP contribution in [0, 0.1) is 13.8 Å². The highest BCUT2D eigenvalue weighted by Crippen LogP contribution is 2.40. The highest BCUT2D eigenvalue weighted by atomic mass is 35.5. The number of carbonyl (C=O) groups is 1. The van der Waals surface area contributed by atoms with Crippen molar-refractivity contribution in [2.24, 2.45) is 0 Å². The number of nitrogens with one attached hydrogen (secondary N) is 1. The number of carbonyl (C=O) groups excluding carboxylic acids is 1. The fourth-order valence-electron chi connectivity index (χ4n) is 4.68. The molecule has 1 aromatic heterocycles. The Labute approximate surface area is 191 Å². The molecule has 4 rings (SSSR count). The number of halogens is 2. The second-order valence-electron chi connectivity index (χ2n) is 8.38. The molecule has 2 atom stereocenters. The van der Waals surface area contributed by atoms with E-state index in [4.69, 9.17) is 27.9 Å². The third-order valence-corrected chi connectivity index (χ3v) is 7.08. The number of pyridine rings is 1. The van der Waals surface area contributed by atoms with Crippen LogP contribution in [-0.2, 0) is 17.7 Å². The standard InChI is InChI=1S/C23H26Cl2N2O4/c1-12-8-13(2)26-22(29)16(12)10-27-6-5-14-18(24)9-15(21(25)20(14)23(27)30)17(11-28)19-4-3-7-31-19/h8-9,17,19,28H,3-7,10-11H2,1-2H3,(H,26,29)/t17-,19+/m0/s1. The van der Waals surface area contributed by atoms with Crippen LogP contribution < -0.4 is 5.56 Å². The Morgan fingerprint density at radius 3 is 2.71 bits per heavy atom. The molecule has 0 bridgehead atoms. The molecule has 8 heteroatoms. The molecule has 166 valence electrons. The van der Waals surface area contributed by atoms with Gasteiger partial charge in [-0.1, -0.05) is 23.2 Å². The third kappa shape index (κ3) is 4.14. The summed E-state index contributed by atoms with van der Waals surface area (Å²) in [7, 11) is 0. The number of amides is 1. The number of aryl methyl sites for hydroxylation is 2. The molecule has 0 saturated carbocycles. The van der Waals surface area contributed by atoms with E-state index in [1.54, 1.807) is 11.0 Å². The second-order valence-corrected chi connectivity index (χ2v) is 9.16. The maximum absolute atomic E-state index is 13.4. The Balaban J connectivity index is 1.71. The molecule has 1 amide bonds. The lowest BCUT2D eigenvalue weighted by Gasteiger charge is -2.32. The molecule has 6 nitrogen and oxygen atoms in total. The summed E-state index contributed by atoms with van der Waals surface area (Å²) in [6.07, 6.45) is 2.15. The van der Waals surface area contributed by atoms with Gasteiger partial charge in [-0.3, -0.25) is 9.59 Å². The van der Waals surface area contributed by atoms with Crippen LogP contribution >= 0.6 is 23.2 Å². The molecule has 2 aliphatic rings. The normalized spacial score (nSPS) is 19.6. The van der Waals surface area contributed by atoms with Crippen LogP contribution in [-0.4, -0.2) is 46.8 Å². The van der Waals surface area contributed by atoms with E-state index in [1.807, 2.05) is 19.9 Å². The van der Waals surface area contributed by atoms with E-state index in [2.05, 4.69) is 4.98 Å². The average Bonchev–Trinajstić information content (AvgIpc) is 3.24. The number of aliphatic hydroxyl groups is 1. The zero-order chi connectivity index (χ0) is 22.3. The number of aromatic amines is 1. The van der Waals surface area contributed by atoms with Gasteiger partial charge in [0.05, 0.1) is 29.8 Å². The topological polar surface area (TPSA) is 82.6 Å². The van der Waals surface area contributed by atoms with Crippen LogP contribution in [0.4, 0.5) is 0 Å². The van der Waals surface area contributed by atoms with Crippen molar-refractivity contribution in [2.75, 3.05) is 19.8 Å². The van der Waals surface area contributed by atoms with Gasteiger partial charge >= 0.3 is 0 Å². The summed E-state index contributed by atoms with van der Waals surface area (Å²) in [5.41, 5.74) is 3.73. The Kier molecular flexibility index (Phi) is 6.44. The van der Waals surface area contributed by atoms with E-state index >= 15 is 0 Å². The zero-order valence-electron chi connectivity index (χ0n) is 17.6. The Bertz CT molecular complexity index is 1080. The summed E-state index contributed by atoms with van der Waals surface area (Å²) in [5.74, 6) is -0.596. The van der Waals surface area contributed by atoms with Crippen LogP contribution in [0.2, 0.25) is 10.0 Å². The summed E-state index contributed by atoms with van der Waals surface area (Å²) in [5, 5.41) is 10.8. The first-order valence-corrected chi connectivity index (χ1v) is 11.3. The number of hydrogen-bond acceptors (Lipinski definition) is 4. The quantitative estimate of drug-likeness (QED) is 0.705. The van der Waals surface area contributed by atoms with Crippen LogP contribution in [0.1, 0.15) is 57.1 Å². The largest absolute Gasteiger partial charge is 0.396 e. The Morgan fingerprint density at radius 1 is 1.29 bits per heavy atom. The van der Waals surface area contributed by atoms with Gasteiger partial charge in [0, 0.05) is 35.3 Å². The molecule has 0 aliphatic carbocycles. The molecule has 1 aromatic carbocycles. The lowest BCUT2D eigenvalue weighted by molar-refractivity contribution is 0.0665. The first-order chi connectivity index (χ1) is 14.8. The van der Waals surface area contributed by atoms with Crippen molar-refractivity contribution in [1.29, 1.82) is 0 Å². The van der Waals surface area contributed by atoms with Crippen LogP contribution in [0.5, 0.6) is 0 Å². The van der Waals surface area contributed by atoms with Crippen molar-refractivity contribution in [3.63, 3.8) is 0 Å². The number of H-pyrrole nitrogens is 1. The van der Waals surface area contributed by atoms with E-state index in [1.165, 1.54) is 0 Å². The van der Waals surface area contributed by atoms with Crippen LogP contribution in [0.3, 0.4) is 0 Å². The van der Waals surface area contributed by atoms with Gasteiger partial charge in [-0.05, 0) is 61.9 Å². The molecule has 3 heterocycles. The Morgan fingerprint density at radius 2 is 2.06 bits per heavy atom. The fraction of sp³-hybridized carbons (Fsp3) is 0.478. The molecular weight excluding hydrogens is 439 g/mol. The minimum Gasteiger partial charge on any atom is -0.396 e. The third-order valence-electron chi connectivity index (χ3n) is 6.33. The summed E-state index contributed by atoms with van der Waals surface area (Å²) in [6, 6.07) is 3.66. The smallest absolute Gasteiger partial charge is 0.256 e. The maximum Gasteiger partial charge on any atom is 0.256 e. The summed E-state index contributed by atoms with van der Waals surface area (Å²) >= 11 is 13.3. The number of hydrogen-bond donors (Lipinski definition) is 2. The van der Waals surface area contributed by atoms with E-state index < -0.39 is 0 Å². The van der Waals surface area contributed by atoms with Crippen molar-refractivity contribution in [3.8, 4) is 0 Å². The predicted octanol–water partition coefficient (Wildman–Crippen LogP) is 3.75. The number of fused-ring (bicyclic) bond motifs is 1. The SMILES string of the molecule is Cc1cc(C)c(CN2CCc3c(Cl)cc([C@H](CO)[C@H]4CCCO4)c(Cl)c3C2=O)c(=O)[nH]1. The van der Waals surface area contributed by atoms with Crippen molar-refractivity contribution in [2.45, 2.75) is 51.7 Å². The molecule has 0 radical (unpaired) electrons.